The molecule has 0 atom stereocenters. The van der Waals surface area contributed by atoms with Crippen molar-refractivity contribution in [2.24, 2.45) is 11.7 Å². The average molecular weight is 290 g/mol. The van der Waals surface area contributed by atoms with Crippen LogP contribution in [0.15, 0.2) is 24.3 Å². The highest BCUT2D eigenvalue weighted by Crippen LogP contribution is 2.24. The Balaban J connectivity index is 1.91. The Kier molecular flexibility index (Phi) is 5.33. The number of amides is 1. The van der Waals surface area contributed by atoms with Gasteiger partial charge in [-0.15, -0.1) is 0 Å². The molecular weight excluding hydrogens is 268 g/mol. The highest BCUT2D eigenvalue weighted by molar-refractivity contribution is 5.94. The first-order valence-electron chi connectivity index (χ1n) is 7.43. The van der Waals surface area contributed by atoms with Gasteiger partial charge < -0.3 is 15.8 Å². The van der Waals surface area contributed by atoms with Crippen molar-refractivity contribution in [1.29, 1.82) is 0 Å². The highest BCUT2D eigenvalue weighted by Gasteiger charge is 2.24. The summed E-state index contributed by atoms with van der Waals surface area (Å²) in [5.41, 5.74) is 7.03. The minimum absolute atomic E-state index is 0.0331. The minimum atomic E-state index is -0.350. The summed E-state index contributed by atoms with van der Waals surface area (Å²) in [6.07, 6.45) is 3.49. The maximum Gasteiger partial charge on any atom is 0.338 e. The van der Waals surface area contributed by atoms with E-state index in [1.165, 1.54) is 0 Å². The molecule has 1 aromatic carbocycles. The van der Waals surface area contributed by atoms with E-state index in [2.05, 4.69) is 5.32 Å². The van der Waals surface area contributed by atoms with Gasteiger partial charge in [0, 0.05) is 17.6 Å². The number of rotatable bonds is 4. The van der Waals surface area contributed by atoms with Gasteiger partial charge in [0.05, 0.1) is 12.2 Å². The molecule has 0 aromatic heterocycles. The van der Waals surface area contributed by atoms with Gasteiger partial charge >= 0.3 is 5.97 Å². The number of nitrogens with two attached hydrogens (primary N) is 1. The van der Waals surface area contributed by atoms with Crippen molar-refractivity contribution in [2.45, 2.75) is 38.6 Å². The predicted octanol–water partition coefficient (Wildman–Crippen LogP) is 2.32. The van der Waals surface area contributed by atoms with Gasteiger partial charge in [-0.3, -0.25) is 4.79 Å². The molecule has 1 aliphatic rings. The van der Waals surface area contributed by atoms with Gasteiger partial charge in [-0.1, -0.05) is 0 Å². The fourth-order valence-corrected chi connectivity index (χ4v) is 2.53. The second kappa shape index (κ2) is 7.22. The molecule has 0 heterocycles. The standard InChI is InChI=1S/C16H22N2O3/c1-2-21-16(20)12-5-9-14(10-6-12)18-15(19)11-3-7-13(17)8-4-11/h5-6,9-11,13H,2-4,7-8,17H2,1H3,(H,18,19). The van der Waals surface area contributed by atoms with Crippen LogP contribution in [0, 0.1) is 5.92 Å². The number of ether oxygens (including phenoxy) is 1. The van der Waals surface area contributed by atoms with E-state index in [4.69, 9.17) is 10.5 Å². The molecule has 114 valence electrons. The van der Waals surface area contributed by atoms with Crippen LogP contribution < -0.4 is 11.1 Å². The average Bonchev–Trinajstić information content (AvgIpc) is 2.49. The monoisotopic (exact) mass is 290 g/mol. The Bertz CT molecular complexity index is 491. The van der Waals surface area contributed by atoms with Crippen LogP contribution in [0.25, 0.3) is 0 Å². The van der Waals surface area contributed by atoms with E-state index in [-0.39, 0.29) is 23.8 Å². The molecule has 0 unspecified atom stereocenters. The number of anilines is 1. The van der Waals surface area contributed by atoms with Gasteiger partial charge in [0.2, 0.25) is 5.91 Å². The van der Waals surface area contributed by atoms with E-state index in [1.807, 2.05) is 0 Å². The molecular formula is C16H22N2O3. The molecule has 5 nitrogen and oxygen atoms in total. The molecule has 1 fully saturated rings. The third-order valence-corrected chi connectivity index (χ3v) is 3.81. The summed E-state index contributed by atoms with van der Waals surface area (Å²) < 4.78 is 4.92. The van der Waals surface area contributed by atoms with Gasteiger partial charge in [-0.2, -0.15) is 0 Å². The summed E-state index contributed by atoms with van der Waals surface area (Å²) in [6.45, 7) is 2.11. The fraction of sp³-hybridized carbons (Fsp3) is 0.500. The van der Waals surface area contributed by atoms with Crippen LogP contribution in [-0.4, -0.2) is 24.5 Å². The Hall–Kier alpha value is -1.88. The Labute approximate surface area is 124 Å². The summed E-state index contributed by atoms with van der Waals surface area (Å²) >= 11 is 0. The van der Waals surface area contributed by atoms with Crippen molar-refractivity contribution < 1.29 is 14.3 Å². The molecule has 0 radical (unpaired) electrons. The zero-order chi connectivity index (χ0) is 15.2. The highest BCUT2D eigenvalue weighted by atomic mass is 16.5. The normalized spacial score (nSPS) is 21.6. The number of esters is 1. The van der Waals surface area contributed by atoms with Gasteiger partial charge in [-0.25, -0.2) is 4.79 Å². The molecule has 5 heteroatoms. The zero-order valence-corrected chi connectivity index (χ0v) is 12.3. The van der Waals surface area contributed by atoms with Crippen molar-refractivity contribution in [3.63, 3.8) is 0 Å². The molecule has 0 aliphatic heterocycles. The van der Waals surface area contributed by atoms with E-state index in [9.17, 15) is 9.59 Å². The van der Waals surface area contributed by atoms with E-state index in [1.54, 1.807) is 31.2 Å². The lowest BCUT2D eigenvalue weighted by atomic mass is 9.86. The van der Waals surface area contributed by atoms with E-state index >= 15 is 0 Å². The van der Waals surface area contributed by atoms with Crippen molar-refractivity contribution in [1.82, 2.24) is 0 Å². The smallest absolute Gasteiger partial charge is 0.338 e. The van der Waals surface area contributed by atoms with Gasteiger partial charge in [0.25, 0.3) is 0 Å². The molecule has 2 rings (SSSR count). The Morgan fingerprint density at radius 3 is 2.38 bits per heavy atom. The summed E-state index contributed by atoms with van der Waals surface area (Å²) in [7, 11) is 0. The minimum Gasteiger partial charge on any atom is -0.462 e. The quantitative estimate of drug-likeness (QED) is 0.834. The maximum absolute atomic E-state index is 12.2. The van der Waals surface area contributed by atoms with E-state index in [0.29, 0.717) is 17.9 Å². The number of hydrogen-bond donors (Lipinski definition) is 2. The van der Waals surface area contributed by atoms with Crippen LogP contribution in [0.4, 0.5) is 5.69 Å². The third-order valence-electron chi connectivity index (χ3n) is 3.81. The lowest BCUT2D eigenvalue weighted by molar-refractivity contribution is -0.120. The third kappa shape index (κ3) is 4.29. The van der Waals surface area contributed by atoms with E-state index < -0.39 is 0 Å². The van der Waals surface area contributed by atoms with Gasteiger partial charge in [-0.05, 0) is 56.9 Å². The summed E-state index contributed by atoms with van der Waals surface area (Å²) in [6, 6.07) is 6.99. The summed E-state index contributed by atoms with van der Waals surface area (Å²) in [4.78, 5) is 23.7. The molecule has 1 aliphatic carbocycles. The first kappa shape index (κ1) is 15.5. The Morgan fingerprint density at radius 1 is 1.19 bits per heavy atom. The van der Waals surface area contributed by atoms with Gasteiger partial charge in [0.15, 0.2) is 0 Å². The topological polar surface area (TPSA) is 81.4 Å². The molecule has 0 saturated heterocycles. The first-order chi connectivity index (χ1) is 10.1. The summed E-state index contributed by atoms with van der Waals surface area (Å²) in [5, 5.41) is 2.89. The largest absolute Gasteiger partial charge is 0.462 e. The fourth-order valence-electron chi connectivity index (χ4n) is 2.53. The first-order valence-corrected chi connectivity index (χ1v) is 7.43. The predicted molar refractivity (Wildman–Crippen MR) is 81.0 cm³/mol. The molecule has 0 spiro atoms. The SMILES string of the molecule is CCOC(=O)c1ccc(NC(=O)C2CCC(N)CC2)cc1. The van der Waals surface area contributed by atoms with Crippen LogP contribution in [0.3, 0.4) is 0 Å². The van der Waals surface area contributed by atoms with Crippen LogP contribution in [-0.2, 0) is 9.53 Å². The van der Waals surface area contributed by atoms with Crippen molar-refractivity contribution in [3.8, 4) is 0 Å². The van der Waals surface area contributed by atoms with Crippen LogP contribution >= 0.6 is 0 Å². The maximum atomic E-state index is 12.2. The van der Waals surface area contributed by atoms with Crippen molar-refractivity contribution in [3.05, 3.63) is 29.8 Å². The molecule has 1 saturated carbocycles. The van der Waals surface area contributed by atoms with Crippen molar-refractivity contribution in [2.75, 3.05) is 11.9 Å². The number of nitrogens with one attached hydrogen (secondary N) is 1. The lowest BCUT2D eigenvalue weighted by Crippen LogP contribution is -2.32. The van der Waals surface area contributed by atoms with Crippen molar-refractivity contribution >= 4 is 17.6 Å². The Morgan fingerprint density at radius 2 is 1.81 bits per heavy atom. The summed E-state index contributed by atoms with van der Waals surface area (Å²) in [5.74, 6) is -0.281. The lowest BCUT2D eigenvalue weighted by Gasteiger charge is -2.25. The van der Waals surface area contributed by atoms with Crippen LogP contribution in [0.5, 0.6) is 0 Å². The molecule has 0 bridgehead atoms. The zero-order valence-electron chi connectivity index (χ0n) is 12.3. The number of benzene rings is 1. The molecule has 3 N–H and O–H groups in total. The number of carbonyl (C=O) groups is 2. The number of carbonyl (C=O) groups excluding carboxylic acids is 2. The van der Waals surface area contributed by atoms with Gasteiger partial charge in [0.1, 0.15) is 0 Å². The van der Waals surface area contributed by atoms with E-state index in [0.717, 1.165) is 25.7 Å². The van der Waals surface area contributed by atoms with Crippen LogP contribution in [0.2, 0.25) is 0 Å². The second-order valence-corrected chi connectivity index (χ2v) is 5.40. The van der Waals surface area contributed by atoms with Crippen LogP contribution in [0.1, 0.15) is 43.0 Å². The molecule has 21 heavy (non-hydrogen) atoms. The molecule has 1 amide bonds. The number of hydrogen-bond acceptors (Lipinski definition) is 4. The second-order valence-electron chi connectivity index (χ2n) is 5.40. The molecule has 1 aromatic rings.